The second-order valence-electron chi connectivity index (χ2n) is 3.72. The fraction of sp³-hybridized carbons (Fsp3) is 1.00. The van der Waals surface area contributed by atoms with E-state index < -0.39 is 0 Å². The highest BCUT2D eigenvalue weighted by Gasteiger charge is 2.12. The Morgan fingerprint density at radius 1 is 0.667 bits per heavy atom. The molecule has 0 heterocycles. The van der Waals surface area contributed by atoms with Crippen LogP contribution in [0.15, 0.2) is 0 Å². The molecule has 2 aliphatic rings. The molecule has 0 unspecified atom stereocenters. The van der Waals surface area contributed by atoms with Crippen LogP contribution in [-0.2, 0) is 0 Å². The third-order valence-electron chi connectivity index (χ3n) is 2.26. The quantitative estimate of drug-likeness (QED) is 0.477. The maximum Gasteiger partial charge on any atom is -0.0443 e. The number of hydrogen-bond acceptors (Lipinski definition) is 0. The Balaban J connectivity index is -0.000000109. The molecule has 2 aliphatic carbocycles. The molecule has 0 aromatic rings. The van der Waals surface area contributed by atoms with Gasteiger partial charge in [-0.1, -0.05) is 68.2 Å². The van der Waals surface area contributed by atoms with E-state index in [1.165, 1.54) is 32.1 Å². The van der Waals surface area contributed by atoms with Gasteiger partial charge in [-0.15, -0.1) is 0 Å². The van der Waals surface area contributed by atoms with E-state index in [0.29, 0.717) is 0 Å². The van der Waals surface area contributed by atoms with Crippen molar-refractivity contribution in [3.63, 3.8) is 0 Å². The standard InChI is InChI=1S/C5H10.C4H8.3CH4/c1-5-3-2-4-5;1-4-2-3-4;;;/h5H,2-4H2,1H3;4H,2-3H2,1H3;3*1H4. The molecule has 0 N–H and O–H groups in total. The first-order valence-electron chi connectivity index (χ1n) is 4.29. The molecule has 12 heavy (non-hydrogen) atoms. The van der Waals surface area contributed by atoms with Crippen molar-refractivity contribution in [1.29, 1.82) is 0 Å². The van der Waals surface area contributed by atoms with Crippen molar-refractivity contribution in [1.82, 2.24) is 0 Å². The Morgan fingerprint density at radius 2 is 0.917 bits per heavy atom. The van der Waals surface area contributed by atoms with Crippen LogP contribution in [0.1, 0.15) is 68.2 Å². The average Bonchev–Trinajstić information content (AvgIpc) is 2.47. The van der Waals surface area contributed by atoms with Crippen LogP contribution in [-0.4, -0.2) is 0 Å². The Labute approximate surface area is 80.8 Å². The molecule has 78 valence electrons. The van der Waals surface area contributed by atoms with E-state index >= 15 is 0 Å². The van der Waals surface area contributed by atoms with Gasteiger partial charge >= 0.3 is 0 Å². The van der Waals surface area contributed by atoms with Gasteiger partial charge in [0, 0.05) is 0 Å². The molecule has 0 nitrogen and oxygen atoms in total. The lowest BCUT2D eigenvalue weighted by molar-refractivity contribution is 0.346. The second-order valence-corrected chi connectivity index (χ2v) is 3.72. The average molecular weight is 174 g/mol. The Bertz CT molecular complexity index is 68.1. The highest BCUT2D eigenvalue weighted by molar-refractivity contribution is 4.65. The predicted molar refractivity (Wildman–Crippen MR) is 61.6 cm³/mol. The predicted octanol–water partition coefficient (Wildman–Crippen LogP) is 5.13. The molecular formula is C12H30. The molecule has 0 heteroatoms. The minimum absolute atomic E-state index is 0. The maximum absolute atomic E-state index is 2.31. The molecule has 0 bridgehead atoms. The first-order chi connectivity index (χ1) is 4.29. The van der Waals surface area contributed by atoms with Crippen molar-refractivity contribution in [3.05, 3.63) is 0 Å². The lowest BCUT2D eigenvalue weighted by atomic mass is 9.88. The van der Waals surface area contributed by atoms with Gasteiger partial charge in [0.15, 0.2) is 0 Å². The van der Waals surface area contributed by atoms with E-state index in [2.05, 4.69) is 13.8 Å². The fourth-order valence-corrected chi connectivity index (χ4v) is 0.779. The molecule has 0 spiro atoms. The van der Waals surface area contributed by atoms with Crippen LogP contribution in [0.2, 0.25) is 0 Å². The van der Waals surface area contributed by atoms with E-state index in [9.17, 15) is 0 Å². The summed E-state index contributed by atoms with van der Waals surface area (Å²) in [5.41, 5.74) is 0. The van der Waals surface area contributed by atoms with Gasteiger partial charge in [0.1, 0.15) is 0 Å². The molecule has 0 aromatic carbocycles. The summed E-state index contributed by atoms with van der Waals surface area (Å²) in [6.07, 6.45) is 7.43. The summed E-state index contributed by atoms with van der Waals surface area (Å²) in [7, 11) is 0. The summed E-state index contributed by atoms with van der Waals surface area (Å²) in [6.45, 7) is 4.59. The summed E-state index contributed by atoms with van der Waals surface area (Å²) in [5.74, 6) is 2.15. The van der Waals surface area contributed by atoms with Crippen LogP contribution in [0.4, 0.5) is 0 Å². The minimum atomic E-state index is 0. The van der Waals surface area contributed by atoms with Crippen LogP contribution in [0.3, 0.4) is 0 Å². The van der Waals surface area contributed by atoms with Gasteiger partial charge in [-0.3, -0.25) is 0 Å². The van der Waals surface area contributed by atoms with Gasteiger partial charge < -0.3 is 0 Å². The molecule has 0 amide bonds. The molecule has 2 saturated carbocycles. The third kappa shape index (κ3) is 10.0. The lowest BCUT2D eigenvalue weighted by Gasteiger charge is -2.18. The third-order valence-corrected chi connectivity index (χ3v) is 2.26. The van der Waals surface area contributed by atoms with Crippen molar-refractivity contribution in [2.75, 3.05) is 0 Å². The van der Waals surface area contributed by atoms with Gasteiger partial charge in [-0.05, 0) is 11.8 Å². The Hall–Kier alpha value is 0. The Kier molecular flexibility index (Phi) is 13.6. The number of rotatable bonds is 0. The zero-order chi connectivity index (χ0) is 6.69. The van der Waals surface area contributed by atoms with E-state index in [0.717, 1.165) is 11.8 Å². The van der Waals surface area contributed by atoms with E-state index in [1.54, 1.807) is 0 Å². The first kappa shape index (κ1) is 17.9. The van der Waals surface area contributed by atoms with Crippen LogP contribution in [0.5, 0.6) is 0 Å². The van der Waals surface area contributed by atoms with Crippen molar-refractivity contribution >= 4 is 0 Å². The normalized spacial score (nSPS) is 19.5. The molecule has 0 aliphatic heterocycles. The van der Waals surface area contributed by atoms with Gasteiger partial charge in [0.2, 0.25) is 0 Å². The fourth-order valence-electron chi connectivity index (χ4n) is 0.779. The van der Waals surface area contributed by atoms with Crippen LogP contribution in [0.25, 0.3) is 0 Å². The summed E-state index contributed by atoms with van der Waals surface area (Å²) in [4.78, 5) is 0. The summed E-state index contributed by atoms with van der Waals surface area (Å²) in [6, 6.07) is 0. The van der Waals surface area contributed by atoms with Crippen LogP contribution >= 0.6 is 0 Å². The smallest absolute Gasteiger partial charge is 0.0443 e. The van der Waals surface area contributed by atoms with Gasteiger partial charge in [0.05, 0.1) is 0 Å². The van der Waals surface area contributed by atoms with E-state index in [-0.39, 0.29) is 22.3 Å². The minimum Gasteiger partial charge on any atom is -0.0776 e. The molecular weight excluding hydrogens is 144 g/mol. The topological polar surface area (TPSA) is 0 Å². The van der Waals surface area contributed by atoms with Gasteiger partial charge in [0.25, 0.3) is 0 Å². The zero-order valence-corrected chi connectivity index (χ0v) is 6.69. The first-order valence-corrected chi connectivity index (χ1v) is 4.29. The van der Waals surface area contributed by atoms with Gasteiger partial charge in [-0.2, -0.15) is 0 Å². The summed E-state index contributed by atoms with van der Waals surface area (Å²) in [5, 5.41) is 0. The molecule has 0 radical (unpaired) electrons. The van der Waals surface area contributed by atoms with Crippen LogP contribution < -0.4 is 0 Å². The summed E-state index contributed by atoms with van der Waals surface area (Å²) >= 11 is 0. The largest absolute Gasteiger partial charge is 0.0776 e. The molecule has 2 fully saturated rings. The molecule has 0 saturated heterocycles. The van der Waals surface area contributed by atoms with E-state index in [1.807, 2.05) is 0 Å². The van der Waals surface area contributed by atoms with E-state index in [4.69, 9.17) is 0 Å². The monoisotopic (exact) mass is 174 g/mol. The number of hydrogen-bond donors (Lipinski definition) is 0. The second kappa shape index (κ2) is 9.09. The Morgan fingerprint density at radius 3 is 0.917 bits per heavy atom. The van der Waals surface area contributed by atoms with Crippen molar-refractivity contribution < 1.29 is 0 Å². The van der Waals surface area contributed by atoms with Crippen molar-refractivity contribution in [2.24, 2.45) is 11.8 Å². The maximum atomic E-state index is 2.31. The highest BCUT2D eigenvalue weighted by Crippen LogP contribution is 2.26. The molecule has 2 rings (SSSR count). The van der Waals surface area contributed by atoms with Crippen molar-refractivity contribution in [2.45, 2.75) is 68.2 Å². The van der Waals surface area contributed by atoms with Crippen molar-refractivity contribution in [3.8, 4) is 0 Å². The molecule has 0 aromatic heterocycles. The molecule has 0 atom stereocenters. The lowest BCUT2D eigenvalue weighted by Crippen LogP contribution is -2.04. The van der Waals surface area contributed by atoms with Crippen LogP contribution in [0, 0.1) is 11.8 Å². The zero-order valence-electron chi connectivity index (χ0n) is 6.69. The SMILES string of the molecule is C.C.C.CC1CC1.CC1CCC1. The van der Waals surface area contributed by atoms with Gasteiger partial charge in [-0.25, -0.2) is 0 Å². The summed E-state index contributed by atoms with van der Waals surface area (Å²) < 4.78 is 0. The highest BCUT2D eigenvalue weighted by atomic mass is 14.2.